The Kier molecular flexibility index (Phi) is 3.51. The van der Waals surface area contributed by atoms with Gasteiger partial charge >= 0.3 is 0 Å². The van der Waals surface area contributed by atoms with Gasteiger partial charge in [-0.25, -0.2) is 0 Å². The van der Waals surface area contributed by atoms with Crippen LogP contribution in [0.1, 0.15) is 0 Å². The first kappa shape index (κ1) is 12.5. The Balaban J connectivity index is 2.17. The second kappa shape index (κ2) is 4.76. The van der Waals surface area contributed by atoms with Gasteiger partial charge in [-0.3, -0.25) is 4.79 Å². The zero-order chi connectivity index (χ0) is 12.5. The lowest BCUT2D eigenvalue weighted by Gasteiger charge is -2.41. The Labute approximate surface area is 109 Å². The number of hydrogen-bond acceptors (Lipinski definition) is 3. The minimum Gasteiger partial charge on any atom is -0.379 e. The first-order valence-corrected chi connectivity index (χ1v) is 6.20. The van der Waals surface area contributed by atoms with Crippen molar-refractivity contribution in [2.24, 2.45) is 11.1 Å². The van der Waals surface area contributed by atoms with Gasteiger partial charge in [0.2, 0.25) is 5.91 Å². The van der Waals surface area contributed by atoms with E-state index in [-0.39, 0.29) is 5.91 Å². The first-order valence-electron chi connectivity index (χ1n) is 5.41. The Morgan fingerprint density at radius 3 is 2.47 bits per heavy atom. The quantitative estimate of drug-likeness (QED) is 0.917. The molecule has 1 fully saturated rings. The van der Waals surface area contributed by atoms with Gasteiger partial charge in [0.15, 0.2) is 0 Å². The maximum atomic E-state index is 12.3. The molecule has 1 amide bonds. The molecule has 0 radical (unpaired) electrons. The van der Waals surface area contributed by atoms with E-state index in [4.69, 9.17) is 10.5 Å². The lowest BCUT2D eigenvalue weighted by molar-refractivity contribution is -0.156. The van der Waals surface area contributed by atoms with Gasteiger partial charge in [-0.15, -0.1) is 0 Å². The molecule has 0 bridgehead atoms. The number of anilines is 1. The van der Waals surface area contributed by atoms with Gasteiger partial charge in [0.05, 0.1) is 13.2 Å². The van der Waals surface area contributed by atoms with E-state index in [0.717, 1.165) is 10.2 Å². The molecule has 1 heterocycles. The van der Waals surface area contributed by atoms with Crippen LogP contribution >= 0.6 is 15.9 Å². The van der Waals surface area contributed by atoms with Crippen LogP contribution in [0.5, 0.6) is 0 Å². The second-order valence-corrected chi connectivity index (χ2v) is 5.23. The minimum absolute atomic E-state index is 0.0218. The molecule has 4 nitrogen and oxygen atoms in total. The van der Waals surface area contributed by atoms with Crippen molar-refractivity contribution in [3.8, 4) is 0 Å². The number of halogens is 1. The average molecular weight is 299 g/mol. The Hall–Kier alpha value is -0.910. The molecule has 0 saturated carbocycles. The summed E-state index contributed by atoms with van der Waals surface area (Å²) < 4.78 is 6.11. The maximum absolute atomic E-state index is 12.3. The van der Waals surface area contributed by atoms with Crippen molar-refractivity contribution >= 4 is 27.5 Å². The number of hydrogen-bond donors (Lipinski definition) is 1. The number of carbonyl (C=O) groups excluding carboxylic acids is 1. The van der Waals surface area contributed by atoms with Gasteiger partial charge in [0.25, 0.3) is 0 Å². The first-order chi connectivity index (χ1) is 8.09. The summed E-state index contributed by atoms with van der Waals surface area (Å²) in [6, 6.07) is 7.61. The van der Waals surface area contributed by atoms with E-state index in [1.807, 2.05) is 24.3 Å². The number of rotatable bonds is 3. The fraction of sp³-hybridized carbons (Fsp3) is 0.417. The molecule has 1 aliphatic rings. The number of nitrogens with zero attached hydrogens (tertiary/aromatic N) is 1. The van der Waals surface area contributed by atoms with Gasteiger partial charge in [0, 0.05) is 23.8 Å². The highest BCUT2D eigenvalue weighted by Gasteiger charge is 2.46. The van der Waals surface area contributed by atoms with Gasteiger partial charge < -0.3 is 15.4 Å². The molecular formula is C12H15BrN2O2. The zero-order valence-corrected chi connectivity index (χ0v) is 11.2. The normalized spacial score (nSPS) is 17.4. The van der Waals surface area contributed by atoms with Gasteiger partial charge in [-0.05, 0) is 24.3 Å². The number of ether oxygens (including phenoxy) is 1. The Bertz CT molecular complexity index is 410. The summed E-state index contributed by atoms with van der Waals surface area (Å²) in [4.78, 5) is 14.0. The third kappa shape index (κ3) is 2.22. The predicted molar refractivity (Wildman–Crippen MR) is 69.9 cm³/mol. The molecule has 17 heavy (non-hydrogen) atoms. The standard InChI is InChI=1S/C12H15BrN2O2/c1-15(10-4-2-9(13)3-5-10)11(16)12(6-14)7-17-8-12/h2-5H,6-8,14H2,1H3. The van der Waals surface area contributed by atoms with E-state index in [1.54, 1.807) is 11.9 Å². The molecule has 1 aromatic carbocycles. The van der Waals surface area contributed by atoms with Crippen molar-refractivity contribution < 1.29 is 9.53 Å². The summed E-state index contributed by atoms with van der Waals surface area (Å²) in [6.45, 7) is 1.17. The maximum Gasteiger partial charge on any atom is 0.238 e. The molecule has 1 saturated heterocycles. The van der Waals surface area contributed by atoms with Crippen LogP contribution in [-0.4, -0.2) is 32.7 Å². The molecule has 0 atom stereocenters. The Morgan fingerprint density at radius 1 is 1.47 bits per heavy atom. The van der Waals surface area contributed by atoms with Crippen molar-refractivity contribution in [3.63, 3.8) is 0 Å². The summed E-state index contributed by atoms with van der Waals surface area (Å²) in [5, 5.41) is 0. The van der Waals surface area contributed by atoms with Gasteiger partial charge in [-0.2, -0.15) is 0 Å². The van der Waals surface area contributed by atoms with E-state index < -0.39 is 5.41 Å². The van der Waals surface area contributed by atoms with Crippen LogP contribution in [0.15, 0.2) is 28.7 Å². The highest BCUT2D eigenvalue weighted by Crippen LogP contribution is 2.30. The summed E-state index contributed by atoms with van der Waals surface area (Å²) in [5.41, 5.74) is 6.01. The van der Waals surface area contributed by atoms with E-state index in [2.05, 4.69) is 15.9 Å². The SMILES string of the molecule is CN(C(=O)C1(CN)COC1)c1ccc(Br)cc1. The fourth-order valence-electron chi connectivity index (χ4n) is 1.81. The average Bonchev–Trinajstić information content (AvgIpc) is 2.28. The number of amides is 1. The van der Waals surface area contributed by atoms with Crippen molar-refractivity contribution in [2.75, 3.05) is 31.7 Å². The molecule has 0 unspecified atom stereocenters. The molecule has 92 valence electrons. The van der Waals surface area contributed by atoms with Crippen molar-refractivity contribution in [1.29, 1.82) is 0 Å². The second-order valence-electron chi connectivity index (χ2n) is 4.32. The highest BCUT2D eigenvalue weighted by molar-refractivity contribution is 9.10. The van der Waals surface area contributed by atoms with Crippen molar-refractivity contribution in [2.45, 2.75) is 0 Å². The fourth-order valence-corrected chi connectivity index (χ4v) is 2.08. The van der Waals surface area contributed by atoms with Crippen LogP contribution in [0.2, 0.25) is 0 Å². The molecule has 0 aromatic heterocycles. The van der Waals surface area contributed by atoms with Gasteiger partial charge in [-0.1, -0.05) is 15.9 Å². The number of carbonyl (C=O) groups is 1. The molecule has 5 heteroatoms. The third-order valence-corrected chi connectivity index (χ3v) is 3.65. The molecule has 0 aliphatic carbocycles. The van der Waals surface area contributed by atoms with Gasteiger partial charge in [0.1, 0.15) is 5.41 Å². The van der Waals surface area contributed by atoms with E-state index in [1.165, 1.54) is 0 Å². The van der Waals surface area contributed by atoms with Crippen LogP contribution in [0.3, 0.4) is 0 Å². The number of benzene rings is 1. The summed E-state index contributed by atoms with van der Waals surface area (Å²) >= 11 is 3.37. The van der Waals surface area contributed by atoms with Crippen LogP contribution in [0.25, 0.3) is 0 Å². The molecule has 1 aliphatic heterocycles. The summed E-state index contributed by atoms with van der Waals surface area (Å²) in [6.07, 6.45) is 0. The van der Waals surface area contributed by atoms with Crippen LogP contribution in [-0.2, 0) is 9.53 Å². The number of nitrogens with two attached hydrogens (primary N) is 1. The lowest BCUT2D eigenvalue weighted by Crippen LogP contribution is -2.58. The predicted octanol–water partition coefficient (Wildman–Crippen LogP) is 1.39. The third-order valence-electron chi connectivity index (χ3n) is 3.12. The molecular weight excluding hydrogens is 284 g/mol. The van der Waals surface area contributed by atoms with E-state index in [9.17, 15) is 4.79 Å². The van der Waals surface area contributed by atoms with Crippen molar-refractivity contribution in [3.05, 3.63) is 28.7 Å². The minimum atomic E-state index is -0.526. The smallest absolute Gasteiger partial charge is 0.238 e. The molecule has 2 N–H and O–H groups in total. The summed E-state index contributed by atoms with van der Waals surface area (Å²) in [7, 11) is 1.77. The topological polar surface area (TPSA) is 55.6 Å². The summed E-state index contributed by atoms with van der Waals surface area (Å²) in [5.74, 6) is 0.0218. The monoisotopic (exact) mass is 298 g/mol. The van der Waals surface area contributed by atoms with Crippen LogP contribution < -0.4 is 10.6 Å². The largest absolute Gasteiger partial charge is 0.379 e. The van der Waals surface area contributed by atoms with E-state index >= 15 is 0 Å². The van der Waals surface area contributed by atoms with Crippen LogP contribution in [0, 0.1) is 5.41 Å². The Morgan fingerprint density at radius 2 is 2.06 bits per heavy atom. The molecule has 1 aromatic rings. The zero-order valence-electron chi connectivity index (χ0n) is 9.65. The van der Waals surface area contributed by atoms with E-state index in [0.29, 0.717) is 19.8 Å². The lowest BCUT2D eigenvalue weighted by atomic mass is 9.84. The van der Waals surface area contributed by atoms with Crippen molar-refractivity contribution in [1.82, 2.24) is 0 Å². The molecule has 2 rings (SSSR count). The highest BCUT2D eigenvalue weighted by atomic mass is 79.9. The molecule has 0 spiro atoms. The van der Waals surface area contributed by atoms with Crippen LogP contribution in [0.4, 0.5) is 5.69 Å².